The van der Waals surface area contributed by atoms with Crippen molar-refractivity contribution >= 4 is 12.3 Å². The lowest BCUT2D eigenvalue weighted by atomic mass is 9.94. The number of phenols is 1. The number of esters is 1. The number of carbonyl (C=O) groups excluding carboxylic acids is 2. The first kappa shape index (κ1) is 12.9. The van der Waals surface area contributed by atoms with Crippen molar-refractivity contribution in [3.05, 3.63) is 41.5 Å². The summed E-state index contributed by atoms with van der Waals surface area (Å²) in [6.45, 7) is 0.136. The van der Waals surface area contributed by atoms with Crippen LogP contribution in [0, 0.1) is 17.8 Å². The minimum absolute atomic E-state index is 0.0207. The van der Waals surface area contributed by atoms with Gasteiger partial charge in [0.25, 0.3) is 0 Å². The minimum atomic E-state index is -0.164. The summed E-state index contributed by atoms with van der Waals surface area (Å²) in [5.74, 6) is 0.620. The first-order valence-electron chi connectivity index (χ1n) is 6.79. The number of rotatable bonds is 4. The Balaban J connectivity index is 1.61. The van der Waals surface area contributed by atoms with Crippen molar-refractivity contribution in [3.63, 3.8) is 0 Å². The highest BCUT2D eigenvalue weighted by molar-refractivity contribution is 5.79. The van der Waals surface area contributed by atoms with Crippen LogP contribution < -0.4 is 0 Å². The molecule has 0 heterocycles. The Kier molecular flexibility index (Phi) is 3.30. The fraction of sp³-hybridized carbons (Fsp3) is 0.375. The highest BCUT2D eigenvalue weighted by atomic mass is 16.5. The van der Waals surface area contributed by atoms with Gasteiger partial charge in [-0.15, -0.1) is 0 Å². The van der Waals surface area contributed by atoms with E-state index in [0.717, 1.165) is 12.8 Å². The van der Waals surface area contributed by atoms with Gasteiger partial charge in [-0.25, -0.2) is 0 Å². The van der Waals surface area contributed by atoms with Crippen LogP contribution in [0.25, 0.3) is 0 Å². The van der Waals surface area contributed by atoms with E-state index >= 15 is 0 Å². The summed E-state index contributed by atoms with van der Waals surface area (Å²) in [6, 6.07) is 4.62. The zero-order valence-corrected chi connectivity index (χ0v) is 11.0. The maximum atomic E-state index is 12.1. The van der Waals surface area contributed by atoms with E-state index in [9.17, 15) is 14.7 Å². The van der Waals surface area contributed by atoms with E-state index in [-0.39, 0.29) is 29.8 Å². The average Bonchev–Trinajstić information content (AvgIpc) is 3.08. The lowest BCUT2D eigenvalue weighted by Crippen LogP contribution is -2.21. The molecule has 1 unspecified atom stereocenters. The van der Waals surface area contributed by atoms with Gasteiger partial charge >= 0.3 is 5.97 Å². The molecule has 3 atom stereocenters. The van der Waals surface area contributed by atoms with E-state index in [4.69, 9.17) is 4.74 Å². The van der Waals surface area contributed by atoms with Crippen LogP contribution in [-0.2, 0) is 16.1 Å². The molecule has 0 spiro atoms. The second-order valence-electron chi connectivity index (χ2n) is 5.51. The van der Waals surface area contributed by atoms with Crippen LogP contribution in [0.5, 0.6) is 5.75 Å². The zero-order chi connectivity index (χ0) is 14.1. The van der Waals surface area contributed by atoms with Gasteiger partial charge in [0.1, 0.15) is 12.4 Å². The molecule has 2 bridgehead atoms. The molecule has 4 nitrogen and oxygen atoms in total. The van der Waals surface area contributed by atoms with Gasteiger partial charge < -0.3 is 9.84 Å². The van der Waals surface area contributed by atoms with Gasteiger partial charge in [0, 0.05) is 0 Å². The first-order valence-corrected chi connectivity index (χ1v) is 6.79. The first-order chi connectivity index (χ1) is 9.67. The Bertz CT molecular complexity index is 576. The molecule has 0 aromatic heterocycles. The number of ether oxygens (including phenoxy) is 1. The Labute approximate surface area is 117 Å². The molecule has 1 saturated carbocycles. The number of aldehydes is 1. The van der Waals surface area contributed by atoms with Gasteiger partial charge in [-0.05, 0) is 42.4 Å². The topological polar surface area (TPSA) is 63.6 Å². The number of hydrogen-bond acceptors (Lipinski definition) is 4. The third kappa shape index (κ3) is 2.33. The van der Waals surface area contributed by atoms with Crippen molar-refractivity contribution in [2.75, 3.05) is 0 Å². The van der Waals surface area contributed by atoms with Gasteiger partial charge in [0.15, 0.2) is 6.29 Å². The number of carbonyl (C=O) groups is 2. The van der Waals surface area contributed by atoms with E-state index in [0.29, 0.717) is 23.7 Å². The van der Waals surface area contributed by atoms with Crippen molar-refractivity contribution in [2.45, 2.75) is 19.4 Å². The number of aromatic hydroxyl groups is 1. The molecular weight excluding hydrogens is 256 g/mol. The molecule has 0 aliphatic heterocycles. The molecule has 2 aliphatic rings. The molecule has 0 radical (unpaired) electrons. The monoisotopic (exact) mass is 272 g/mol. The molecule has 0 saturated heterocycles. The van der Waals surface area contributed by atoms with Crippen LogP contribution in [0.3, 0.4) is 0 Å². The minimum Gasteiger partial charge on any atom is -0.507 e. The van der Waals surface area contributed by atoms with Gasteiger partial charge in [0.05, 0.1) is 11.5 Å². The number of benzene rings is 1. The number of hydrogen-bond donors (Lipinski definition) is 1. The molecule has 2 aliphatic carbocycles. The smallest absolute Gasteiger partial charge is 0.309 e. The maximum absolute atomic E-state index is 12.1. The van der Waals surface area contributed by atoms with Crippen LogP contribution in [-0.4, -0.2) is 17.4 Å². The molecule has 4 heteroatoms. The van der Waals surface area contributed by atoms with E-state index < -0.39 is 0 Å². The standard InChI is InChI=1S/C16H16O4/c17-8-13-6-11(2-4-15(13)18)9-20-16(19)14-7-10-1-3-12(14)5-10/h1-4,6,8,10,12,14,18H,5,7,9H2/t10-,12+,14?/m1/s1. The van der Waals surface area contributed by atoms with Crippen molar-refractivity contribution in [1.29, 1.82) is 0 Å². The average molecular weight is 272 g/mol. The summed E-state index contributed by atoms with van der Waals surface area (Å²) in [5, 5.41) is 9.41. The molecule has 1 aromatic rings. The summed E-state index contributed by atoms with van der Waals surface area (Å²) in [4.78, 5) is 22.8. The summed E-state index contributed by atoms with van der Waals surface area (Å²) in [5.41, 5.74) is 0.915. The third-order valence-corrected chi connectivity index (χ3v) is 4.18. The van der Waals surface area contributed by atoms with Crippen LogP contribution >= 0.6 is 0 Å². The van der Waals surface area contributed by atoms with Crippen molar-refractivity contribution < 1.29 is 19.4 Å². The third-order valence-electron chi connectivity index (χ3n) is 4.18. The number of allylic oxidation sites excluding steroid dienone is 2. The SMILES string of the molecule is O=Cc1cc(COC(=O)C2C[C@@H]3C=C[C@H]2C3)ccc1O. The lowest BCUT2D eigenvalue weighted by Gasteiger charge is -2.16. The predicted molar refractivity (Wildman–Crippen MR) is 72.1 cm³/mol. The van der Waals surface area contributed by atoms with Crippen molar-refractivity contribution in [3.8, 4) is 5.75 Å². The van der Waals surface area contributed by atoms with Crippen molar-refractivity contribution in [1.82, 2.24) is 0 Å². The van der Waals surface area contributed by atoms with Crippen LogP contribution in [0.15, 0.2) is 30.4 Å². The molecule has 1 N–H and O–H groups in total. The van der Waals surface area contributed by atoms with Crippen LogP contribution in [0.1, 0.15) is 28.8 Å². The quantitative estimate of drug-likeness (QED) is 0.519. The fourth-order valence-electron chi connectivity index (χ4n) is 3.10. The Morgan fingerprint density at radius 2 is 2.20 bits per heavy atom. The number of fused-ring (bicyclic) bond motifs is 2. The van der Waals surface area contributed by atoms with E-state index in [1.807, 2.05) is 0 Å². The summed E-state index contributed by atoms with van der Waals surface area (Å²) in [6.07, 6.45) is 6.83. The Morgan fingerprint density at radius 3 is 2.85 bits per heavy atom. The summed E-state index contributed by atoms with van der Waals surface area (Å²) in [7, 11) is 0. The van der Waals surface area contributed by atoms with E-state index in [1.54, 1.807) is 6.07 Å². The summed E-state index contributed by atoms with van der Waals surface area (Å²) >= 11 is 0. The Hall–Kier alpha value is -2.10. The molecule has 1 fully saturated rings. The van der Waals surface area contributed by atoms with Gasteiger partial charge in [-0.3, -0.25) is 9.59 Å². The second kappa shape index (κ2) is 5.12. The summed E-state index contributed by atoms with van der Waals surface area (Å²) < 4.78 is 5.33. The maximum Gasteiger partial charge on any atom is 0.309 e. The van der Waals surface area contributed by atoms with Crippen LogP contribution in [0.2, 0.25) is 0 Å². The molecule has 104 valence electrons. The van der Waals surface area contributed by atoms with E-state index in [2.05, 4.69) is 12.2 Å². The Morgan fingerprint density at radius 1 is 1.35 bits per heavy atom. The normalized spacial score (nSPS) is 26.7. The largest absolute Gasteiger partial charge is 0.507 e. The van der Waals surface area contributed by atoms with E-state index in [1.165, 1.54) is 12.1 Å². The lowest BCUT2D eigenvalue weighted by molar-refractivity contribution is -0.150. The highest BCUT2D eigenvalue weighted by Crippen LogP contribution is 2.43. The van der Waals surface area contributed by atoms with Crippen molar-refractivity contribution in [2.24, 2.45) is 17.8 Å². The molecule has 0 amide bonds. The van der Waals surface area contributed by atoms with Gasteiger partial charge in [-0.1, -0.05) is 18.2 Å². The van der Waals surface area contributed by atoms with Crippen LogP contribution in [0.4, 0.5) is 0 Å². The molecule has 3 rings (SSSR count). The van der Waals surface area contributed by atoms with Gasteiger partial charge in [0.2, 0.25) is 0 Å². The fourth-order valence-corrected chi connectivity index (χ4v) is 3.10. The predicted octanol–water partition coefficient (Wildman–Crippen LogP) is 2.46. The van der Waals surface area contributed by atoms with Gasteiger partial charge in [-0.2, -0.15) is 0 Å². The highest BCUT2D eigenvalue weighted by Gasteiger charge is 2.40. The zero-order valence-electron chi connectivity index (χ0n) is 11.0. The molecule has 20 heavy (non-hydrogen) atoms. The number of phenolic OH excluding ortho intramolecular Hbond substituents is 1. The molecule has 1 aromatic carbocycles. The molecular formula is C16H16O4. The second-order valence-corrected chi connectivity index (χ2v) is 5.51.